The number of nitrogens with one attached hydrogen (secondary N) is 1. The highest BCUT2D eigenvalue weighted by Gasteiger charge is 2.19. The molecular formula is C9H15N. The van der Waals surface area contributed by atoms with Crippen LogP contribution in [0.5, 0.6) is 0 Å². The lowest BCUT2D eigenvalue weighted by atomic mass is 10.1. The molecule has 1 saturated carbocycles. The molecule has 1 saturated heterocycles. The van der Waals surface area contributed by atoms with Crippen LogP contribution in [0.1, 0.15) is 25.7 Å². The van der Waals surface area contributed by atoms with Gasteiger partial charge in [0.2, 0.25) is 0 Å². The van der Waals surface area contributed by atoms with E-state index in [9.17, 15) is 0 Å². The van der Waals surface area contributed by atoms with E-state index in [2.05, 4.69) is 11.4 Å². The Hall–Kier alpha value is -0.300. The Morgan fingerprint density at radius 2 is 2.30 bits per heavy atom. The maximum absolute atomic E-state index is 3.40. The number of piperidine rings is 1. The van der Waals surface area contributed by atoms with Crippen LogP contribution in [0.2, 0.25) is 0 Å². The number of hydrogen-bond donors (Lipinski definition) is 1. The summed E-state index contributed by atoms with van der Waals surface area (Å²) in [4.78, 5) is 0. The molecule has 0 aromatic rings. The molecule has 1 nitrogen and oxygen atoms in total. The predicted molar refractivity (Wildman–Crippen MR) is 42.9 cm³/mol. The van der Waals surface area contributed by atoms with Crippen LogP contribution in [-0.2, 0) is 0 Å². The van der Waals surface area contributed by atoms with Gasteiger partial charge in [0, 0.05) is 6.54 Å². The van der Waals surface area contributed by atoms with E-state index < -0.39 is 0 Å². The fourth-order valence-corrected chi connectivity index (χ4v) is 1.52. The van der Waals surface area contributed by atoms with Gasteiger partial charge >= 0.3 is 0 Å². The van der Waals surface area contributed by atoms with Crippen molar-refractivity contribution < 1.29 is 0 Å². The maximum Gasteiger partial charge on any atom is 0.0164 e. The van der Waals surface area contributed by atoms with Crippen molar-refractivity contribution >= 4 is 0 Å². The largest absolute Gasteiger partial charge is 0.313 e. The second-order valence-corrected chi connectivity index (χ2v) is 3.44. The van der Waals surface area contributed by atoms with Gasteiger partial charge in [0.25, 0.3) is 0 Å². The lowest BCUT2D eigenvalue weighted by Crippen LogP contribution is -2.23. The van der Waals surface area contributed by atoms with E-state index in [0.717, 1.165) is 12.5 Å². The molecule has 0 radical (unpaired) electrons. The van der Waals surface area contributed by atoms with Gasteiger partial charge in [-0.25, -0.2) is 0 Å². The Morgan fingerprint density at radius 3 is 2.90 bits per heavy atom. The topological polar surface area (TPSA) is 12.0 Å². The number of rotatable bonds is 1. The van der Waals surface area contributed by atoms with Gasteiger partial charge in [0.05, 0.1) is 0 Å². The van der Waals surface area contributed by atoms with Gasteiger partial charge in [-0.1, -0.05) is 11.6 Å². The molecule has 1 aliphatic carbocycles. The average molecular weight is 137 g/mol. The number of hydrogen-bond acceptors (Lipinski definition) is 1. The highest BCUT2D eigenvalue weighted by Crippen LogP contribution is 2.32. The summed E-state index contributed by atoms with van der Waals surface area (Å²) in [5.41, 5.74) is 1.66. The van der Waals surface area contributed by atoms with Crippen molar-refractivity contribution in [2.75, 3.05) is 13.1 Å². The fourth-order valence-electron chi connectivity index (χ4n) is 1.52. The fraction of sp³-hybridized carbons (Fsp3) is 0.778. The first-order chi connectivity index (χ1) is 4.95. The minimum Gasteiger partial charge on any atom is -0.313 e. The summed E-state index contributed by atoms with van der Waals surface area (Å²) >= 11 is 0. The zero-order chi connectivity index (χ0) is 6.81. The smallest absolute Gasteiger partial charge is 0.0164 e. The maximum atomic E-state index is 3.40. The minimum atomic E-state index is 0.967. The summed E-state index contributed by atoms with van der Waals surface area (Å²) < 4.78 is 0. The molecule has 0 aromatic heterocycles. The second kappa shape index (κ2) is 2.75. The first kappa shape index (κ1) is 6.41. The molecule has 1 heteroatoms. The van der Waals surface area contributed by atoms with E-state index in [0.29, 0.717) is 0 Å². The SMILES string of the molecule is C(=C1\CCCNC1)/C1CC1. The molecule has 56 valence electrons. The Labute approximate surface area is 62.5 Å². The molecule has 2 rings (SSSR count). The van der Waals surface area contributed by atoms with E-state index in [1.807, 2.05) is 0 Å². The minimum absolute atomic E-state index is 0.967. The van der Waals surface area contributed by atoms with Crippen molar-refractivity contribution in [1.29, 1.82) is 0 Å². The molecule has 0 unspecified atom stereocenters. The molecule has 0 spiro atoms. The molecule has 2 fully saturated rings. The highest BCUT2D eigenvalue weighted by molar-refractivity contribution is 5.11. The quantitative estimate of drug-likeness (QED) is 0.542. The normalized spacial score (nSPS) is 31.0. The first-order valence-corrected chi connectivity index (χ1v) is 4.35. The lowest BCUT2D eigenvalue weighted by Gasteiger charge is -2.14. The van der Waals surface area contributed by atoms with Crippen molar-refractivity contribution in [3.05, 3.63) is 11.6 Å². The molecule has 10 heavy (non-hydrogen) atoms. The third kappa shape index (κ3) is 1.60. The van der Waals surface area contributed by atoms with Crippen molar-refractivity contribution in [3.8, 4) is 0 Å². The third-order valence-corrected chi connectivity index (χ3v) is 2.30. The van der Waals surface area contributed by atoms with Crippen LogP contribution in [0, 0.1) is 5.92 Å². The van der Waals surface area contributed by atoms with Crippen LogP contribution < -0.4 is 5.32 Å². The molecule has 0 bridgehead atoms. The zero-order valence-corrected chi connectivity index (χ0v) is 6.40. The van der Waals surface area contributed by atoms with E-state index >= 15 is 0 Å². The molecule has 1 N–H and O–H groups in total. The van der Waals surface area contributed by atoms with Gasteiger partial charge in [-0.15, -0.1) is 0 Å². The molecule has 0 atom stereocenters. The zero-order valence-electron chi connectivity index (χ0n) is 6.40. The summed E-state index contributed by atoms with van der Waals surface area (Å²) in [6.45, 7) is 2.39. The summed E-state index contributed by atoms with van der Waals surface area (Å²) in [6.07, 6.45) is 8.08. The molecule has 0 aromatic carbocycles. The van der Waals surface area contributed by atoms with Crippen LogP contribution >= 0.6 is 0 Å². The molecular weight excluding hydrogens is 122 g/mol. The van der Waals surface area contributed by atoms with E-state index in [1.165, 1.54) is 32.2 Å². The van der Waals surface area contributed by atoms with Gasteiger partial charge in [-0.2, -0.15) is 0 Å². The van der Waals surface area contributed by atoms with Crippen LogP contribution in [0.3, 0.4) is 0 Å². The van der Waals surface area contributed by atoms with Gasteiger partial charge in [0.15, 0.2) is 0 Å². The standard InChI is InChI=1S/C9H15N/c1-2-9(7-10-5-1)6-8-3-4-8/h6,8,10H,1-5,7H2/b9-6-. The predicted octanol–water partition coefficient (Wildman–Crippen LogP) is 1.71. The average Bonchev–Trinajstić information content (AvgIpc) is 2.74. The summed E-state index contributed by atoms with van der Waals surface area (Å²) in [7, 11) is 0. The van der Waals surface area contributed by atoms with Gasteiger partial charge in [0.1, 0.15) is 0 Å². The van der Waals surface area contributed by atoms with E-state index in [-0.39, 0.29) is 0 Å². The van der Waals surface area contributed by atoms with E-state index in [4.69, 9.17) is 0 Å². The monoisotopic (exact) mass is 137 g/mol. The second-order valence-electron chi connectivity index (χ2n) is 3.44. The van der Waals surface area contributed by atoms with E-state index in [1.54, 1.807) is 5.57 Å². The lowest BCUT2D eigenvalue weighted by molar-refractivity contribution is 0.606. The summed E-state index contributed by atoms with van der Waals surface area (Å²) in [6, 6.07) is 0. The van der Waals surface area contributed by atoms with Crippen LogP contribution in [-0.4, -0.2) is 13.1 Å². The van der Waals surface area contributed by atoms with Crippen molar-refractivity contribution in [3.63, 3.8) is 0 Å². The Morgan fingerprint density at radius 1 is 1.40 bits per heavy atom. The Bertz CT molecular complexity index is 137. The first-order valence-electron chi connectivity index (χ1n) is 4.35. The summed E-state index contributed by atoms with van der Waals surface area (Å²) in [5, 5.41) is 3.40. The van der Waals surface area contributed by atoms with Crippen molar-refractivity contribution in [2.45, 2.75) is 25.7 Å². The molecule has 2 aliphatic rings. The molecule has 0 amide bonds. The van der Waals surface area contributed by atoms with Crippen LogP contribution in [0.15, 0.2) is 11.6 Å². The Balaban J connectivity index is 1.88. The van der Waals surface area contributed by atoms with Gasteiger partial charge in [-0.05, 0) is 38.1 Å². The van der Waals surface area contributed by atoms with Crippen LogP contribution in [0.4, 0.5) is 0 Å². The van der Waals surface area contributed by atoms with Gasteiger partial charge < -0.3 is 5.32 Å². The van der Waals surface area contributed by atoms with Crippen molar-refractivity contribution in [2.24, 2.45) is 5.92 Å². The third-order valence-electron chi connectivity index (χ3n) is 2.30. The molecule has 1 heterocycles. The van der Waals surface area contributed by atoms with Crippen LogP contribution in [0.25, 0.3) is 0 Å². The van der Waals surface area contributed by atoms with Crippen molar-refractivity contribution in [1.82, 2.24) is 5.32 Å². The highest BCUT2D eigenvalue weighted by atomic mass is 14.9. The van der Waals surface area contributed by atoms with Gasteiger partial charge in [-0.3, -0.25) is 0 Å². The number of allylic oxidation sites excluding steroid dienone is 1. The summed E-state index contributed by atoms with van der Waals surface area (Å²) in [5.74, 6) is 0.967. The molecule has 1 aliphatic heterocycles. The Kier molecular flexibility index (Phi) is 1.76.